The molecule has 43 heavy (non-hydrogen) atoms. The number of aromatic nitrogens is 1. The normalized spacial score (nSPS) is 15.8. The van der Waals surface area contributed by atoms with Crippen LogP contribution in [0.25, 0.3) is 11.8 Å². The lowest BCUT2D eigenvalue weighted by Gasteiger charge is -2.30. The number of thiazole rings is 1. The largest absolute Gasteiger partial charge is 0.493 e. The van der Waals surface area contributed by atoms with Crippen LogP contribution in [0.1, 0.15) is 40.3 Å². The molecule has 0 radical (unpaired) electrons. The molecule has 5 aromatic rings. The van der Waals surface area contributed by atoms with E-state index >= 15 is 0 Å². The average molecular weight is 654 g/mol. The van der Waals surface area contributed by atoms with Gasteiger partial charge in [0, 0.05) is 15.6 Å². The van der Waals surface area contributed by atoms with Crippen LogP contribution in [-0.4, -0.2) is 11.7 Å². The summed E-state index contributed by atoms with van der Waals surface area (Å²) in [6.45, 7) is 0.0742. The fourth-order valence-corrected chi connectivity index (χ4v) is 7.05. The Bertz CT molecular complexity index is 2080. The van der Waals surface area contributed by atoms with Crippen molar-refractivity contribution in [2.24, 2.45) is 4.99 Å². The van der Waals surface area contributed by atoms with Crippen molar-refractivity contribution in [3.8, 4) is 11.5 Å². The molecule has 5 nitrogen and oxygen atoms in total. The van der Waals surface area contributed by atoms with Crippen molar-refractivity contribution in [2.75, 3.05) is 7.11 Å². The lowest BCUT2D eigenvalue weighted by molar-refractivity contribution is 0.279. The summed E-state index contributed by atoms with van der Waals surface area (Å²) in [5.74, 6) is 0.670. The molecule has 0 saturated heterocycles. The second-order valence-electron chi connectivity index (χ2n) is 10.5. The zero-order valence-corrected chi connectivity index (χ0v) is 25.6. The van der Waals surface area contributed by atoms with E-state index in [4.69, 9.17) is 14.5 Å². The fourth-order valence-electron chi connectivity index (χ4n) is 5.78. The van der Waals surface area contributed by atoms with Crippen LogP contribution in [0.5, 0.6) is 11.5 Å². The van der Waals surface area contributed by atoms with E-state index in [0.717, 1.165) is 45.3 Å². The summed E-state index contributed by atoms with van der Waals surface area (Å²) in [7, 11) is 1.56. The summed E-state index contributed by atoms with van der Waals surface area (Å²) in [6.07, 6.45) is 3.61. The molecule has 0 spiro atoms. The second-order valence-corrected chi connectivity index (χ2v) is 12.4. The van der Waals surface area contributed by atoms with E-state index in [2.05, 4.69) is 46.3 Å². The fraction of sp³-hybridized carbons (Fsp3) is 0.143. The van der Waals surface area contributed by atoms with E-state index in [0.29, 0.717) is 26.4 Å². The van der Waals surface area contributed by atoms with Crippen LogP contribution in [-0.2, 0) is 13.0 Å². The molecule has 1 aromatic heterocycles. The highest BCUT2D eigenvalue weighted by Gasteiger charge is 2.32. The standard InChI is InChI=1S/C35H26BrFN2O3S/c1-41-30-18-21(10-17-29(30)42-20-24-7-3-5-9-28(24)37)19-31-34(40)39-33(23-11-14-25(36)15-12-23)27-16-13-22-6-2-4-8-26(22)32(27)38-35(39)43-31/h2-12,14-15,17-19,33H,13,16,20H2,1H3/b31-19-/t33-/m1/s1. The molecule has 0 N–H and O–H groups in total. The third kappa shape index (κ3) is 5.15. The Morgan fingerprint density at radius 1 is 1.00 bits per heavy atom. The van der Waals surface area contributed by atoms with Gasteiger partial charge < -0.3 is 9.47 Å². The van der Waals surface area contributed by atoms with Gasteiger partial charge in [-0.25, -0.2) is 9.38 Å². The lowest BCUT2D eigenvalue weighted by Crippen LogP contribution is -2.38. The number of rotatable bonds is 6. The SMILES string of the molecule is COc1cc(/C=c2\sc3n(c2=O)[C@H](c2ccc(Br)cc2)C2=C(N=3)c3ccccc3CC2)ccc1OCc1ccccc1F. The van der Waals surface area contributed by atoms with Gasteiger partial charge in [0.15, 0.2) is 16.3 Å². The zero-order chi connectivity index (χ0) is 29.5. The van der Waals surface area contributed by atoms with Gasteiger partial charge in [0.05, 0.1) is 23.4 Å². The molecule has 1 aliphatic carbocycles. The summed E-state index contributed by atoms with van der Waals surface area (Å²) in [5.41, 5.74) is 6.77. The molecule has 1 aliphatic heterocycles. The Kier molecular flexibility index (Phi) is 7.33. The minimum Gasteiger partial charge on any atom is -0.493 e. The molecular weight excluding hydrogens is 627 g/mol. The number of hydrogen-bond donors (Lipinski definition) is 0. The average Bonchev–Trinajstić information content (AvgIpc) is 3.34. The maximum Gasteiger partial charge on any atom is 0.271 e. The van der Waals surface area contributed by atoms with Crippen LogP contribution in [0.3, 0.4) is 0 Å². The minimum absolute atomic E-state index is 0.0742. The molecular formula is C35H26BrFN2O3S. The highest BCUT2D eigenvalue weighted by atomic mass is 79.9. The summed E-state index contributed by atoms with van der Waals surface area (Å²) in [6, 6.07) is 28.3. The summed E-state index contributed by atoms with van der Waals surface area (Å²) >= 11 is 4.94. The number of methoxy groups -OCH3 is 1. The van der Waals surface area contributed by atoms with E-state index in [1.807, 2.05) is 41.0 Å². The zero-order valence-electron chi connectivity index (χ0n) is 23.2. The van der Waals surface area contributed by atoms with Gasteiger partial charge in [-0.3, -0.25) is 9.36 Å². The van der Waals surface area contributed by atoms with Crippen LogP contribution < -0.4 is 24.4 Å². The molecule has 1 atom stereocenters. The van der Waals surface area contributed by atoms with Crippen molar-refractivity contribution in [3.05, 3.63) is 154 Å². The first-order valence-electron chi connectivity index (χ1n) is 13.9. The number of ether oxygens (including phenoxy) is 2. The van der Waals surface area contributed by atoms with Crippen LogP contribution in [0.2, 0.25) is 0 Å². The maximum absolute atomic E-state index is 14.1. The summed E-state index contributed by atoms with van der Waals surface area (Å²) in [5, 5.41) is 0. The minimum atomic E-state index is -0.319. The third-order valence-electron chi connectivity index (χ3n) is 7.89. The van der Waals surface area contributed by atoms with Gasteiger partial charge in [-0.1, -0.05) is 87.9 Å². The van der Waals surface area contributed by atoms with Crippen molar-refractivity contribution in [1.82, 2.24) is 4.57 Å². The van der Waals surface area contributed by atoms with E-state index in [1.165, 1.54) is 23.0 Å². The molecule has 0 bridgehead atoms. The highest BCUT2D eigenvalue weighted by molar-refractivity contribution is 9.10. The highest BCUT2D eigenvalue weighted by Crippen LogP contribution is 2.41. The Balaban J connectivity index is 1.31. The number of fused-ring (bicyclic) bond motifs is 3. The molecule has 0 unspecified atom stereocenters. The van der Waals surface area contributed by atoms with E-state index in [9.17, 15) is 9.18 Å². The van der Waals surface area contributed by atoms with Gasteiger partial charge in [-0.2, -0.15) is 0 Å². The molecule has 0 fully saturated rings. The van der Waals surface area contributed by atoms with Gasteiger partial charge in [0.1, 0.15) is 12.4 Å². The number of benzene rings is 4. The molecule has 2 heterocycles. The van der Waals surface area contributed by atoms with Crippen molar-refractivity contribution in [3.63, 3.8) is 0 Å². The maximum atomic E-state index is 14.1. The van der Waals surface area contributed by atoms with Gasteiger partial charge in [0.25, 0.3) is 5.56 Å². The van der Waals surface area contributed by atoms with E-state index < -0.39 is 0 Å². The number of allylic oxidation sites excluding steroid dienone is 1. The Morgan fingerprint density at radius 2 is 1.79 bits per heavy atom. The molecule has 2 aliphatic rings. The topological polar surface area (TPSA) is 52.8 Å². The van der Waals surface area contributed by atoms with Crippen LogP contribution in [0.4, 0.5) is 4.39 Å². The first-order chi connectivity index (χ1) is 21.0. The molecule has 0 amide bonds. The predicted molar refractivity (Wildman–Crippen MR) is 171 cm³/mol. The third-order valence-corrected chi connectivity index (χ3v) is 9.40. The first-order valence-corrected chi connectivity index (χ1v) is 15.5. The molecule has 0 saturated carbocycles. The van der Waals surface area contributed by atoms with Gasteiger partial charge in [-0.05, 0) is 71.5 Å². The first kappa shape index (κ1) is 27.6. The molecule has 4 aromatic carbocycles. The monoisotopic (exact) mass is 652 g/mol. The van der Waals surface area contributed by atoms with Gasteiger partial charge in [0.2, 0.25) is 0 Å². The van der Waals surface area contributed by atoms with Crippen LogP contribution in [0, 0.1) is 5.82 Å². The van der Waals surface area contributed by atoms with Crippen LogP contribution in [0.15, 0.2) is 111 Å². The number of hydrogen-bond acceptors (Lipinski definition) is 5. The summed E-state index contributed by atoms with van der Waals surface area (Å²) < 4.78 is 29.0. The molecule has 8 heteroatoms. The quantitative estimate of drug-likeness (QED) is 0.203. The van der Waals surface area contributed by atoms with Gasteiger partial charge >= 0.3 is 0 Å². The van der Waals surface area contributed by atoms with Crippen molar-refractivity contribution >= 4 is 39.0 Å². The molecule has 7 rings (SSSR count). The smallest absolute Gasteiger partial charge is 0.271 e. The number of aryl methyl sites for hydroxylation is 1. The predicted octanol–water partition coefficient (Wildman–Crippen LogP) is 6.81. The van der Waals surface area contributed by atoms with Crippen LogP contribution >= 0.6 is 27.3 Å². The molecule has 214 valence electrons. The Labute approximate surface area is 260 Å². The Morgan fingerprint density at radius 3 is 2.60 bits per heavy atom. The number of nitrogens with zero attached hydrogens (tertiary/aromatic N) is 2. The van der Waals surface area contributed by atoms with E-state index in [-0.39, 0.29) is 24.0 Å². The number of halogens is 2. The van der Waals surface area contributed by atoms with Gasteiger partial charge in [-0.15, -0.1) is 0 Å². The van der Waals surface area contributed by atoms with Crippen molar-refractivity contribution < 1.29 is 13.9 Å². The summed E-state index contributed by atoms with van der Waals surface area (Å²) in [4.78, 5) is 19.8. The van der Waals surface area contributed by atoms with Crippen molar-refractivity contribution in [2.45, 2.75) is 25.5 Å². The van der Waals surface area contributed by atoms with E-state index in [1.54, 1.807) is 31.4 Å². The Hall–Kier alpha value is -4.27. The second kappa shape index (κ2) is 11.4. The lowest BCUT2D eigenvalue weighted by atomic mass is 9.83. The van der Waals surface area contributed by atoms with Crippen molar-refractivity contribution in [1.29, 1.82) is 0 Å².